The molecule has 72 valence electrons. The van der Waals surface area contributed by atoms with Crippen LogP contribution >= 0.6 is 0 Å². The maximum absolute atomic E-state index is 8.82. The van der Waals surface area contributed by atoms with E-state index >= 15 is 0 Å². The van der Waals surface area contributed by atoms with Crippen LogP contribution in [0.25, 0.3) is 0 Å². The highest BCUT2D eigenvalue weighted by Crippen LogP contribution is 2.49. The van der Waals surface area contributed by atoms with Crippen LogP contribution in [0.1, 0.15) is 34.6 Å². The standard InChI is InChI=1S/C13H15N/c1-8-4-9(2)13(10(3)5-8)12-6-11(12)7-14/h4-5,11-12H,6H2,1-3H3. The van der Waals surface area contributed by atoms with Crippen LogP contribution in [0.15, 0.2) is 12.1 Å². The monoisotopic (exact) mass is 185 g/mol. The van der Waals surface area contributed by atoms with Crippen LogP contribution in [0.2, 0.25) is 0 Å². The van der Waals surface area contributed by atoms with Crippen molar-refractivity contribution in [3.63, 3.8) is 0 Å². The van der Waals surface area contributed by atoms with Gasteiger partial charge in [-0.3, -0.25) is 0 Å². The molecule has 0 N–H and O–H groups in total. The summed E-state index contributed by atoms with van der Waals surface area (Å²) in [5.74, 6) is 0.788. The van der Waals surface area contributed by atoms with Crippen LogP contribution in [0.4, 0.5) is 0 Å². The summed E-state index contributed by atoms with van der Waals surface area (Å²) in [7, 11) is 0. The average Bonchev–Trinajstić information content (AvgIpc) is 2.81. The molecule has 1 aliphatic rings. The number of nitrogens with zero attached hydrogens (tertiary/aromatic N) is 1. The molecule has 0 aromatic heterocycles. The Kier molecular flexibility index (Phi) is 2.07. The van der Waals surface area contributed by atoms with E-state index in [1.165, 1.54) is 22.3 Å². The first kappa shape index (κ1) is 9.27. The van der Waals surface area contributed by atoms with Crippen molar-refractivity contribution in [1.82, 2.24) is 0 Å². The molecule has 0 aliphatic heterocycles. The molecule has 0 bridgehead atoms. The number of benzene rings is 1. The Balaban J connectivity index is 2.40. The van der Waals surface area contributed by atoms with Crippen molar-refractivity contribution in [1.29, 1.82) is 5.26 Å². The summed E-state index contributed by atoms with van der Waals surface area (Å²) in [4.78, 5) is 0. The summed E-state index contributed by atoms with van der Waals surface area (Å²) >= 11 is 0. The summed E-state index contributed by atoms with van der Waals surface area (Å²) in [6.07, 6.45) is 1.06. The van der Waals surface area contributed by atoms with Gasteiger partial charge in [0, 0.05) is 5.92 Å². The largest absolute Gasteiger partial charge is 0.198 e. The number of nitriles is 1. The number of aryl methyl sites for hydroxylation is 3. The van der Waals surface area contributed by atoms with Gasteiger partial charge < -0.3 is 0 Å². The fourth-order valence-corrected chi connectivity index (χ4v) is 2.43. The first-order valence-electron chi connectivity index (χ1n) is 5.11. The molecule has 0 amide bonds. The average molecular weight is 185 g/mol. The van der Waals surface area contributed by atoms with Gasteiger partial charge in [-0.1, -0.05) is 17.7 Å². The van der Waals surface area contributed by atoms with Gasteiger partial charge in [0.2, 0.25) is 0 Å². The van der Waals surface area contributed by atoms with Crippen LogP contribution in [-0.4, -0.2) is 0 Å². The van der Waals surface area contributed by atoms with Crippen LogP contribution in [0, 0.1) is 38.0 Å². The minimum absolute atomic E-state index is 0.273. The van der Waals surface area contributed by atoms with E-state index in [-0.39, 0.29) is 5.92 Å². The first-order chi connectivity index (χ1) is 6.63. The molecule has 0 spiro atoms. The van der Waals surface area contributed by atoms with Gasteiger partial charge in [-0.05, 0) is 43.9 Å². The van der Waals surface area contributed by atoms with Crippen LogP contribution < -0.4 is 0 Å². The molecule has 1 nitrogen and oxygen atoms in total. The molecule has 2 atom stereocenters. The third-order valence-corrected chi connectivity index (χ3v) is 3.07. The van der Waals surface area contributed by atoms with Gasteiger partial charge in [0.05, 0.1) is 12.0 Å². The van der Waals surface area contributed by atoms with Gasteiger partial charge >= 0.3 is 0 Å². The van der Waals surface area contributed by atoms with Gasteiger partial charge in [-0.15, -0.1) is 0 Å². The lowest BCUT2D eigenvalue weighted by molar-refractivity contribution is 0.989. The van der Waals surface area contributed by atoms with Gasteiger partial charge in [-0.25, -0.2) is 0 Å². The molecule has 1 fully saturated rings. The van der Waals surface area contributed by atoms with E-state index in [0.717, 1.165) is 6.42 Å². The Morgan fingerprint density at radius 1 is 1.21 bits per heavy atom. The Bertz CT molecular complexity index is 389. The quantitative estimate of drug-likeness (QED) is 0.659. The highest BCUT2D eigenvalue weighted by Gasteiger charge is 2.40. The Hall–Kier alpha value is -1.29. The van der Waals surface area contributed by atoms with E-state index in [1.807, 2.05) is 0 Å². The molecule has 1 aromatic rings. The minimum atomic E-state index is 0.273. The Morgan fingerprint density at radius 3 is 2.21 bits per heavy atom. The van der Waals surface area contributed by atoms with E-state index in [4.69, 9.17) is 5.26 Å². The van der Waals surface area contributed by atoms with Crippen LogP contribution in [0.3, 0.4) is 0 Å². The molecule has 0 radical (unpaired) electrons. The SMILES string of the molecule is Cc1cc(C)c(C2CC2C#N)c(C)c1. The zero-order valence-corrected chi connectivity index (χ0v) is 8.96. The molecule has 1 saturated carbocycles. The van der Waals surface area contributed by atoms with Gasteiger partial charge in [0.15, 0.2) is 0 Å². The minimum Gasteiger partial charge on any atom is -0.198 e. The van der Waals surface area contributed by atoms with E-state index in [2.05, 4.69) is 39.0 Å². The molecule has 1 aliphatic carbocycles. The van der Waals surface area contributed by atoms with Gasteiger partial charge in [-0.2, -0.15) is 5.26 Å². The molecule has 1 aromatic carbocycles. The van der Waals surface area contributed by atoms with Crippen molar-refractivity contribution >= 4 is 0 Å². The summed E-state index contributed by atoms with van der Waals surface area (Å²) in [5.41, 5.74) is 5.44. The van der Waals surface area contributed by atoms with Crippen molar-refractivity contribution in [2.45, 2.75) is 33.1 Å². The van der Waals surface area contributed by atoms with Crippen LogP contribution in [0.5, 0.6) is 0 Å². The second kappa shape index (κ2) is 3.13. The summed E-state index contributed by atoms with van der Waals surface area (Å²) in [5, 5.41) is 8.82. The Morgan fingerprint density at radius 2 is 1.79 bits per heavy atom. The highest BCUT2D eigenvalue weighted by atomic mass is 14.4. The molecular weight excluding hydrogens is 170 g/mol. The number of hydrogen-bond donors (Lipinski definition) is 0. The fraction of sp³-hybridized carbons (Fsp3) is 0.462. The smallest absolute Gasteiger partial charge is 0.0662 e. The van der Waals surface area contributed by atoms with E-state index in [1.54, 1.807) is 0 Å². The number of rotatable bonds is 1. The van der Waals surface area contributed by atoms with Crippen LogP contribution in [-0.2, 0) is 0 Å². The van der Waals surface area contributed by atoms with Gasteiger partial charge in [0.1, 0.15) is 0 Å². The lowest BCUT2D eigenvalue weighted by Gasteiger charge is -2.09. The van der Waals surface area contributed by atoms with E-state index in [0.29, 0.717) is 5.92 Å². The lowest BCUT2D eigenvalue weighted by Crippen LogP contribution is -1.93. The van der Waals surface area contributed by atoms with Gasteiger partial charge in [0.25, 0.3) is 0 Å². The topological polar surface area (TPSA) is 23.8 Å². The summed E-state index contributed by atoms with van der Waals surface area (Å²) < 4.78 is 0. The second-order valence-electron chi connectivity index (χ2n) is 4.39. The lowest BCUT2D eigenvalue weighted by atomic mass is 9.95. The molecule has 2 unspecified atom stereocenters. The van der Waals surface area contributed by atoms with Crippen molar-refractivity contribution in [2.75, 3.05) is 0 Å². The zero-order chi connectivity index (χ0) is 10.3. The Labute approximate surface area is 85.4 Å². The normalized spacial score (nSPS) is 24.4. The highest BCUT2D eigenvalue weighted by molar-refractivity contribution is 5.43. The second-order valence-corrected chi connectivity index (χ2v) is 4.39. The molecular formula is C13H15N. The predicted molar refractivity (Wildman–Crippen MR) is 57.1 cm³/mol. The third kappa shape index (κ3) is 1.42. The summed E-state index contributed by atoms with van der Waals surface area (Å²) in [6, 6.07) is 6.79. The molecule has 14 heavy (non-hydrogen) atoms. The van der Waals surface area contributed by atoms with Crippen molar-refractivity contribution in [3.05, 3.63) is 34.4 Å². The van der Waals surface area contributed by atoms with Crippen molar-refractivity contribution in [3.8, 4) is 6.07 Å². The van der Waals surface area contributed by atoms with Crippen molar-refractivity contribution < 1.29 is 0 Å². The third-order valence-electron chi connectivity index (χ3n) is 3.07. The number of hydrogen-bond acceptors (Lipinski definition) is 1. The van der Waals surface area contributed by atoms with Crippen molar-refractivity contribution in [2.24, 2.45) is 5.92 Å². The predicted octanol–water partition coefficient (Wildman–Crippen LogP) is 3.24. The van der Waals surface area contributed by atoms with E-state index < -0.39 is 0 Å². The zero-order valence-electron chi connectivity index (χ0n) is 8.96. The molecule has 2 rings (SSSR count). The first-order valence-corrected chi connectivity index (χ1v) is 5.11. The maximum Gasteiger partial charge on any atom is 0.0662 e. The van der Waals surface area contributed by atoms with E-state index in [9.17, 15) is 0 Å². The fourth-order valence-electron chi connectivity index (χ4n) is 2.43. The molecule has 1 heteroatoms. The molecule has 0 heterocycles. The summed E-state index contributed by atoms with van der Waals surface area (Å²) in [6.45, 7) is 6.43. The maximum atomic E-state index is 8.82. The molecule has 0 saturated heterocycles.